The van der Waals surface area contributed by atoms with Crippen molar-refractivity contribution in [1.82, 2.24) is 0 Å². The van der Waals surface area contributed by atoms with Gasteiger partial charge < -0.3 is 26.2 Å². The summed E-state index contributed by atoms with van der Waals surface area (Å²) in [5.74, 6) is -2.83. The van der Waals surface area contributed by atoms with Gasteiger partial charge in [0, 0.05) is 23.7 Å². The number of carbonyl (C=O) groups is 3. The lowest BCUT2D eigenvalue weighted by molar-refractivity contribution is -0.157. The molecule has 1 fully saturated rings. The van der Waals surface area contributed by atoms with E-state index < -0.39 is 60.9 Å². The van der Waals surface area contributed by atoms with Gasteiger partial charge in [0.25, 0.3) is 5.91 Å². The molecule has 0 aromatic heterocycles. The number of Topliss-reactive ketones (excluding diaryl/α,β-unsaturated/α-hetero) is 2. The number of carbonyl (C=O) groups excluding carboxylic acids is 3. The number of benzene rings is 1. The lowest BCUT2D eigenvalue weighted by Crippen LogP contribution is -2.59. The minimum absolute atomic E-state index is 0.0334. The highest BCUT2D eigenvalue weighted by Gasteiger charge is 2.58. The Hall–Kier alpha value is -3.19. The van der Waals surface area contributed by atoms with Crippen LogP contribution in [0.25, 0.3) is 5.76 Å². The van der Waals surface area contributed by atoms with Gasteiger partial charge in [-0.3, -0.25) is 14.4 Å². The van der Waals surface area contributed by atoms with Crippen LogP contribution in [0, 0.1) is 23.3 Å². The molecular formula is C25H29NO7Si. The van der Waals surface area contributed by atoms with Gasteiger partial charge in [-0.25, -0.2) is 0 Å². The molecule has 0 saturated heterocycles. The van der Waals surface area contributed by atoms with Crippen molar-refractivity contribution in [3.05, 3.63) is 46.5 Å². The highest BCUT2D eigenvalue weighted by Crippen LogP contribution is 2.49. The Kier molecular flexibility index (Phi) is 6.63. The molecule has 34 heavy (non-hydrogen) atoms. The molecule has 1 aromatic rings. The molecule has 0 unspecified atom stereocenters. The number of primary amides is 1. The average molecular weight is 484 g/mol. The first kappa shape index (κ1) is 25.4. The zero-order valence-corrected chi connectivity index (χ0v) is 20.4. The second-order valence-corrected chi connectivity index (χ2v) is 14.6. The molecule has 180 valence electrons. The van der Waals surface area contributed by atoms with Crippen molar-refractivity contribution in [3.63, 3.8) is 0 Å². The highest BCUT2D eigenvalue weighted by molar-refractivity contribution is 6.83. The number of phenolic OH excluding ortho intramolecular Hbond substituents is 1. The Morgan fingerprint density at radius 3 is 2.47 bits per heavy atom. The molecule has 1 aromatic carbocycles. The van der Waals surface area contributed by atoms with Crippen molar-refractivity contribution >= 4 is 31.3 Å². The molecule has 0 bridgehead atoms. The van der Waals surface area contributed by atoms with E-state index in [0.717, 1.165) is 0 Å². The van der Waals surface area contributed by atoms with Gasteiger partial charge in [-0.1, -0.05) is 32.1 Å². The fourth-order valence-corrected chi connectivity index (χ4v) is 5.18. The van der Waals surface area contributed by atoms with Gasteiger partial charge in [0.05, 0.1) is 11.1 Å². The summed E-state index contributed by atoms with van der Waals surface area (Å²) in [7, 11) is -1.73. The molecule has 6 N–H and O–H groups in total. The summed E-state index contributed by atoms with van der Waals surface area (Å²) in [4.78, 5) is 38.1. The van der Waals surface area contributed by atoms with E-state index in [4.69, 9.17) is 5.73 Å². The molecule has 0 aliphatic heterocycles. The number of ketones is 2. The number of fused-ring (bicyclic) bond motifs is 2. The van der Waals surface area contributed by atoms with Crippen LogP contribution < -0.4 is 5.73 Å². The van der Waals surface area contributed by atoms with Crippen molar-refractivity contribution < 1.29 is 34.8 Å². The first-order chi connectivity index (χ1) is 15.7. The van der Waals surface area contributed by atoms with Crippen LogP contribution in [0.4, 0.5) is 0 Å². The van der Waals surface area contributed by atoms with Gasteiger partial charge in [0.2, 0.25) is 11.6 Å². The van der Waals surface area contributed by atoms with Gasteiger partial charge in [0.15, 0.2) is 5.60 Å². The number of phenols is 1. The Labute approximate surface area is 198 Å². The highest BCUT2D eigenvalue weighted by atomic mass is 28.3. The number of hydrogen-bond donors (Lipinski definition) is 5. The fraction of sp³-hybridized carbons (Fsp3) is 0.400. The predicted octanol–water partition coefficient (Wildman–Crippen LogP) is 1.38. The molecule has 0 radical (unpaired) electrons. The normalized spacial score (nSPS) is 24.0. The third-order valence-electron chi connectivity index (χ3n) is 6.36. The summed E-state index contributed by atoms with van der Waals surface area (Å²) in [6, 6.07) is 3.03. The average Bonchev–Trinajstić information content (AvgIpc) is 2.74. The quantitative estimate of drug-likeness (QED) is 0.139. The molecule has 1 saturated carbocycles. The SMILES string of the molecule is C=C(C(N)=O)C(=O)[C@@]1(O)C(=O)C2=C(O)c3c(O)ccc(C#C[Si](C)(C)C)c3C[C@H]2C[C@H]1CCO. The van der Waals surface area contributed by atoms with Crippen LogP contribution in [0.5, 0.6) is 5.75 Å². The van der Waals surface area contributed by atoms with E-state index in [1.165, 1.54) is 6.07 Å². The second kappa shape index (κ2) is 8.87. The Morgan fingerprint density at radius 2 is 1.91 bits per heavy atom. The third kappa shape index (κ3) is 4.20. The van der Waals surface area contributed by atoms with Crippen molar-refractivity contribution in [2.24, 2.45) is 17.6 Å². The third-order valence-corrected chi connectivity index (χ3v) is 7.23. The second-order valence-electron chi connectivity index (χ2n) is 9.86. The number of aliphatic hydroxyl groups excluding tert-OH is 2. The molecule has 3 atom stereocenters. The molecule has 9 heteroatoms. The monoisotopic (exact) mass is 483 g/mol. The fourth-order valence-electron chi connectivity index (χ4n) is 4.67. The van der Waals surface area contributed by atoms with Crippen molar-refractivity contribution in [1.29, 1.82) is 0 Å². The van der Waals surface area contributed by atoms with Gasteiger partial charge in [-0.05, 0) is 42.9 Å². The van der Waals surface area contributed by atoms with Gasteiger partial charge >= 0.3 is 0 Å². The molecule has 8 nitrogen and oxygen atoms in total. The molecule has 2 aliphatic carbocycles. The van der Waals surface area contributed by atoms with Crippen molar-refractivity contribution in [2.75, 3.05) is 6.61 Å². The molecule has 0 spiro atoms. The Balaban J connectivity index is 2.22. The maximum atomic E-state index is 13.5. The van der Waals surface area contributed by atoms with Gasteiger partial charge in [-0.15, -0.1) is 5.54 Å². The summed E-state index contributed by atoms with van der Waals surface area (Å²) in [5.41, 5.74) is 5.95. The summed E-state index contributed by atoms with van der Waals surface area (Å²) in [5, 5.41) is 42.5. The minimum atomic E-state index is -2.73. The smallest absolute Gasteiger partial charge is 0.251 e. The topological polar surface area (TPSA) is 158 Å². The summed E-state index contributed by atoms with van der Waals surface area (Å²) >= 11 is 0. The van der Waals surface area contributed by atoms with E-state index in [-0.39, 0.29) is 36.1 Å². The maximum Gasteiger partial charge on any atom is 0.251 e. The lowest BCUT2D eigenvalue weighted by Gasteiger charge is -2.43. The van der Waals surface area contributed by atoms with E-state index >= 15 is 0 Å². The van der Waals surface area contributed by atoms with E-state index in [0.29, 0.717) is 11.1 Å². The minimum Gasteiger partial charge on any atom is -0.507 e. The molecule has 0 heterocycles. The Morgan fingerprint density at radius 1 is 1.26 bits per heavy atom. The predicted molar refractivity (Wildman–Crippen MR) is 128 cm³/mol. The number of hydrogen-bond acceptors (Lipinski definition) is 7. The molecule has 2 aliphatic rings. The number of nitrogens with two attached hydrogens (primary N) is 1. The largest absolute Gasteiger partial charge is 0.507 e. The Bertz CT molecular complexity index is 1200. The lowest BCUT2D eigenvalue weighted by atomic mass is 9.60. The van der Waals surface area contributed by atoms with E-state index in [9.17, 15) is 34.8 Å². The number of aromatic hydroxyl groups is 1. The summed E-state index contributed by atoms with van der Waals surface area (Å²) < 4.78 is 0. The van der Waals surface area contributed by atoms with Gasteiger partial charge in [0.1, 0.15) is 19.6 Å². The molecule has 1 amide bonds. The van der Waals surface area contributed by atoms with E-state index in [2.05, 4.69) is 37.7 Å². The zero-order chi connectivity index (χ0) is 25.6. The van der Waals surface area contributed by atoms with Gasteiger partial charge in [-0.2, -0.15) is 0 Å². The van der Waals surface area contributed by atoms with Crippen LogP contribution in [0.2, 0.25) is 19.6 Å². The van der Waals surface area contributed by atoms with Crippen molar-refractivity contribution in [2.45, 2.75) is 44.5 Å². The van der Waals surface area contributed by atoms with E-state index in [1.807, 2.05) is 0 Å². The van der Waals surface area contributed by atoms with Crippen LogP contribution >= 0.6 is 0 Å². The van der Waals surface area contributed by atoms with Crippen LogP contribution in [0.1, 0.15) is 29.5 Å². The van der Waals surface area contributed by atoms with Crippen molar-refractivity contribution in [3.8, 4) is 17.2 Å². The molecular weight excluding hydrogens is 454 g/mol. The first-order valence-corrected chi connectivity index (χ1v) is 14.5. The zero-order valence-electron chi connectivity index (χ0n) is 19.4. The maximum absolute atomic E-state index is 13.5. The van der Waals surface area contributed by atoms with E-state index in [1.54, 1.807) is 6.07 Å². The molecule has 3 rings (SSSR count). The van der Waals surface area contributed by atoms with Crippen LogP contribution in [0.3, 0.4) is 0 Å². The first-order valence-electron chi connectivity index (χ1n) is 11.0. The summed E-state index contributed by atoms with van der Waals surface area (Å²) in [6.45, 7) is 9.13. The number of amides is 1. The van der Waals surface area contributed by atoms with Crippen LogP contribution in [0.15, 0.2) is 29.9 Å². The number of rotatable bonds is 5. The summed E-state index contributed by atoms with van der Waals surface area (Å²) in [6.07, 6.45) is 0.198. The number of aliphatic hydroxyl groups is 3. The van der Waals surface area contributed by atoms with Crippen LogP contribution in [-0.2, 0) is 20.8 Å². The standard InChI is InChI=1S/C25H29NO7Si/c1-13(24(26)32)22(30)25(33)16(7-9-27)11-15-12-17-14(8-10-34(2,3)4)5-6-18(28)20(17)21(29)19(15)23(25)31/h5-6,15-16,27-29,33H,1,7,9,11-12H2,2-4H3,(H2,26,32)/t15-,16-,25-/m1/s1. The van der Waals surface area contributed by atoms with Crippen LogP contribution in [-0.4, -0.2) is 58.2 Å².